The van der Waals surface area contributed by atoms with E-state index in [0.717, 1.165) is 27.8 Å². The summed E-state index contributed by atoms with van der Waals surface area (Å²) in [4.78, 5) is 16.4. The molecule has 0 saturated heterocycles. The van der Waals surface area contributed by atoms with Crippen LogP contribution in [0.25, 0.3) is 10.9 Å². The van der Waals surface area contributed by atoms with Gasteiger partial charge in [-0.1, -0.05) is 30.3 Å². The number of nitrogens with zero attached hydrogens (tertiary/aromatic N) is 1. The summed E-state index contributed by atoms with van der Waals surface area (Å²) in [6.45, 7) is 2.19. The highest BCUT2D eigenvalue weighted by Gasteiger charge is 2.05. The monoisotopic (exact) mass is 291 g/mol. The van der Waals surface area contributed by atoms with Gasteiger partial charge in [0.1, 0.15) is 0 Å². The topological polar surface area (TPSA) is 54.0 Å². The van der Waals surface area contributed by atoms with Crippen molar-refractivity contribution in [3.8, 4) is 0 Å². The van der Waals surface area contributed by atoms with Crippen LogP contribution in [0.3, 0.4) is 0 Å². The molecule has 0 aliphatic rings. The normalized spacial score (nSPS) is 10.4. The second kappa shape index (κ2) is 6.26. The number of rotatable bonds is 4. The molecule has 0 spiro atoms. The molecule has 0 aliphatic heterocycles. The number of aryl methyl sites for hydroxylation is 1. The Kier molecular flexibility index (Phi) is 4.01. The lowest BCUT2D eigenvalue weighted by molar-refractivity contribution is -0.114. The van der Waals surface area contributed by atoms with E-state index in [9.17, 15) is 4.79 Å². The predicted molar refractivity (Wildman–Crippen MR) is 90.0 cm³/mol. The summed E-state index contributed by atoms with van der Waals surface area (Å²) in [6.07, 6.45) is 1.75. The van der Waals surface area contributed by atoms with Gasteiger partial charge >= 0.3 is 0 Å². The zero-order valence-corrected chi connectivity index (χ0v) is 12.3. The number of hydrogen-bond acceptors (Lipinski definition) is 3. The molecule has 4 heteroatoms. The fourth-order valence-electron chi connectivity index (χ4n) is 2.35. The van der Waals surface area contributed by atoms with Gasteiger partial charge in [0.15, 0.2) is 0 Å². The smallest absolute Gasteiger partial charge is 0.243 e. The Morgan fingerprint density at radius 3 is 2.77 bits per heavy atom. The largest absolute Gasteiger partial charge is 0.374 e. The van der Waals surface area contributed by atoms with Crippen molar-refractivity contribution in [3.63, 3.8) is 0 Å². The Morgan fingerprint density at radius 2 is 1.91 bits per heavy atom. The van der Waals surface area contributed by atoms with Crippen molar-refractivity contribution in [2.24, 2.45) is 0 Å². The zero-order chi connectivity index (χ0) is 15.4. The van der Waals surface area contributed by atoms with E-state index < -0.39 is 0 Å². The van der Waals surface area contributed by atoms with Crippen LogP contribution in [-0.2, 0) is 4.79 Å². The Morgan fingerprint density at radius 1 is 1.09 bits per heavy atom. The molecule has 0 aliphatic carbocycles. The molecule has 0 unspecified atom stereocenters. The standard InChI is InChI=1S/C18H17N3O/c1-13-5-2-8-15(11-13)21-17(22)12-20-16-9-3-6-14-7-4-10-19-18(14)16/h2-11,20H,12H2,1H3,(H,21,22). The first-order valence-electron chi connectivity index (χ1n) is 7.16. The maximum absolute atomic E-state index is 12.0. The molecule has 3 rings (SSSR count). The minimum Gasteiger partial charge on any atom is -0.374 e. The number of hydrogen-bond donors (Lipinski definition) is 2. The molecule has 22 heavy (non-hydrogen) atoms. The van der Waals surface area contributed by atoms with Crippen LogP contribution in [0, 0.1) is 6.92 Å². The number of aromatic nitrogens is 1. The lowest BCUT2D eigenvalue weighted by atomic mass is 10.2. The number of carbonyl (C=O) groups excluding carboxylic acids is 1. The first-order valence-corrected chi connectivity index (χ1v) is 7.16. The quantitative estimate of drug-likeness (QED) is 0.772. The second-order valence-electron chi connectivity index (χ2n) is 5.15. The van der Waals surface area contributed by atoms with Gasteiger partial charge < -0.3 is 10.6 Å². The van der Waals surface area contributed by atoms with Crippen LogP contribution in [0.1, 0.15) is 5.56 Å². The van der Waals surface area contributed by atoms with Gasteiger partial charge in [-0.2, -0.15) is 0 Å². The van der Waals surface area contributed by atoms with E-state index in [-0.39, 0.29) is 12.5 Å². The van der Waals surface area contributed by atoms with Gasteiger partial charge in [-0.3, -0.25) is 9.78 Å². The molecule has 3 aromatic rings. The van der Waals surface area contributed by atoms with Gasteiger partial charge in [-0.15, -0.1) is 0 Å². The molecule has 0 fully saturated rings. The highest BCUT2D eigenvalue weighted by atomic mass is 16.1. The average molecular weight is 291 g/mol. The Bertz CT molecular complexity index is 809. The molecule has 1 heterocycles. The summed E-state index contributed by atoms with van der Waals surface area (Å²) in [5.41, 5.74) is 3.65. The van der Waals surface area contributed by atoms with Crippen LogP contribution in [0.4, 0.5) is 11.4 Å². The van der Waals surface area contributed by atoms with Crippen molar-refractivity contribution in [3.05, 3.63) is 66.4 Å². The molecule has 110 valence electrons. The molecule has 0 bridgehead atoms. The van der Waals surface area contributed by atoms with Gasteiger partial charge in [0.2, 0.25) is 5.91 Å². The summed E-state index contributed by atoms with van der Waals surface area (Å²) in [5.74, 6) is -0.0847. The minimum absolute atomic E-state index is 0.0847. The van der Waals surface area contributed by atoms with Crippen LogP contribution >= 0.6 is 0 Å². The van der Waals surface area contributed by atoms with Crippen molar-refractivity contribution in [1.29, 1.82) is 0 Å². The van der Waals surface area contributed by atoms with Gasteiger partial charge in [0, 0.05) is 17.3 Å². The number of para-hydroxylation sites is 1. The van der Waals surface area contributed by atoms with Gasteiger partial charge in [-0.25, -0.2) is 0 Å². The third kappa shape index (κ3) is 3.23. The molecule has 2 aromatic carbocycles. The molecule has 1 aromatic heterocycles. The van der Waals surface area contributed by atoms with Gasteiger partial charge in [-0.05, 0) is 36.8 Å². The van der Waals surface area contributed by atoms with Crippen LogP contribution in [-0.4, -0.2) is 17.4 Å². The lowest BCUT2D eigenvalue weighted by Gasteiger charge is -2.10. The Balaban J connectivity index is 1.68. The highest BCUT2D eigenvalue weighted by Crippen LogP contribution is 2.20. The number of carbonyl (C=O) groups is 1. The van der Waals surface area contributed by atoms with Crippen molar-refractivity contribution >= 4 is 28.2 Å². The van der Waals surface area contributed by atoms with Crippen LogP contribution < -0.4 is 10.6 Å². The molecular formula is C18H17N3O. The molecule has 0 radical (unpaired) electrons. The SMILES string of the molecule is Cc1cccc(NC(=O)CNc2cccc3cccnc23)c1. The molecule has 0 atom stereocenters. The Hall–Kier alpha value is -2.88. The van der Waals surface area contributed by atoms with E-state index in [4.69, 9.17) is 0 Å². The van der Waals surface area contributed by atoms with Crippen LogP contribution in [0.15, 0.2) is 60.8 Å². The fraction of sp³-hybridized carbons (Fsp3) is 0.111. The van der Waals surface area contributed by atoms with Crippen molar-refractivity contribution in [1.82, 2.24) is 4.98 Å². The highest BCUT2D eigenvalue weighted by molar-refractivity contribution is 5.96. The van der Waals surface area contributed by atoms with E-state index in [0.29, 0.717) is 0 Å². The van der Waals surface area contributed by atoms with Crippen molar-refractivity contribution in [2.45, 2.75) is 6.92 Å². The number of anilines is 2. The lowest BCUT2D eigenvalue weighted by Crippen LogP contribution is -2.21. The van der Waals surface area contributed by atoms with Crippen LogP contribution in [0.5, 0.6) is 0 Å². The predicted octanol–water partition coefficient (Wildman–Crippen LogP) is 3.59. The summed E-state index contributed by atoms with van der Waals surface area (Å²) in [5, 5.41) is 7.07. The third-order valence-corrected chi connectivity index (χ3v) is 3.37. The van der Waals surface area contributed by atoms with Gasteiger partial charge in [0.05, 0.1) is 17.7 Å². The average Bonchev–Trinajstić information content (AvgIpc) is 2.53. The summed E-state index contributed by atoms with van der Waals surface area (Å²) < 4.78 is 0. The van der Waals surface area contributed by atoms with E-state index >= 15 is 0 Å². The second-order valence-corrected chi connectivity index (χ2v) is 5.15. The van der Waals surface area contributed by atoms with E-state index in [2.05, 4.69) is 15.6 Å². The van der Waals surface area contributed by atoms with E-state index in [1.165, 1.54) is 0 Å². The maximum Gasteiger partial charge on any atom is 0.243 e. The number of benzene rings is 2. The first-order chi connectivity index (χ1) is 10.7. The summed E-state index contributed by atoms with van der Waals surface area (Å²) in [7, 11) is 0. The first kappa shape index (κ1) is 14.1. The maximum atomic E-state index is 12.0. The number of amides is 1. The van der Waals surface area contributed by atoms with Crippen molar-refractivity contribution in [2.75, 3.05) is 17.2 Å². The number of pyridine rings is 1. The summed E-state index contributed by atoms with van der Waals surface area (Å²) in [6, 6.07) is 17.5. The molecule has 2 N–H and O–H groups in total. The van der Waals surface area contributed by atoms with Crippen LogP contribution in [0.2, 0.25) is 0 Å². The zero-order valence-electron chi connectivity index (χ0n) is 12.3. The number of nitrogens with one attached hydrogen (secondary N) is 2. The van der Waals surface area contributed by atoms with E-state index in [1.807, 2.05) is 61.5 Å². The van der Waals surface area contributed by atoms with Gasteiger partial charge in [0.25, 0.3) is 0 Å². The third-order valence-electron chi connectivity index (χ3n) is 3.37. The molecule has 0 saturated carbocycles. The van der Waals surface area contributed by atoms with E-state index in [1.54, 1.807) is 6.20 Å². The minimum atomic E-state index is -0.0847. The van der Waals surface area contributed by atoms with Crippen molar-refractivity contribution < 1.29 is 4.79 Å². The fourth-order valence-corrected chi connectivity index (χ4v) is 2.35. The molecule has 1 amide bonds. The number of fused-ring (bicyclic) bond motifs is 1. The summed E-state index contributed by atoms with van der Waals surface area (Å²) >= 11 is 0. The molecule has 4 nitrogen and oxygen atoms in total. The Labute approximate surface area is 129 Å². The molecular weight excluding hydrogens is 274 g/mol.